The van der Waals surface area contributed by atoms with Gasteiger partial charge in [-0.25, -0.2) is 0 Å². The minimum atomic E-state index is 0.134. The lowest BCUT2D eigenvalue weighted by Crippen LogP contribution is -2.46. The highest BCUT2D eigenvalue weighted by Gasteiger charge is 2.25. The van der Waals surface area contributed by atoms with Crippen LogP contribution in [0.3, 0.4) is 0 Å². The number of morpholine rings is 1. The first-order chi connectivity index (χ1) is 13.0. The topological polar surface area (TPSA) is 77.3 Å². The van der Waals surface area contributed by atoms with E-state index >= 15 is 0 Å². The molecular formula is C19H24N6O2. The monoisotopic (exact) mass is 368 g/mol. The summed E-state index contributed by atoms with van der Waals surface area (Å²) < 4.78 is 12.9. The normalized spacial score (nSPS) is 20.1. The Morgan fingerprint density at radius 3 is 2.70 bits per heavy atom. The van der Waals surface area contributed by atoms with Crippen molar-refractivity contribution in [3.63, 3.8) is 0 Å². The van der Waals surface area contributed by atoms with E-state index in [2.05, 4.69) is 29.2 Å². The maximum atomic E-state index is 5.84. The molecule has 2 aromatic heterocycles. The van der Waals surface area contributed by atoms with Crippen molar-refractivity contribution in [3.8, 4) is 5.75 Å². The van der Waals surface area contributed by atoms with E-state index in [0.717, 1.165) is 41.4 Å². The van der Waals surface area contributed by atoms with Crippen molar-refractivity contribution in [3.05, 3.63) is 30.5 Å². The van der Waals surface area contributed by atoms with Gasteiger partial charge in [-0.15, -0.1) is 0 Å². The third-order valence-electron chi connectivity index (χ3n) is 4.62. The first-order valence-electron chi connectivity index (χ1n) is 9.04. The number of methoxy groups -OCH3 is 1. The van der Waals surface area contributed by atoms with E-state index in [1.807, 2.05) is 31.3 Å². The maximum absolute atomic E-state index is 5.84. The number of rotatable bonds is 4. The van der Waals surface area contributed by atoms with Gasteiger partial charge in [-0.1, -0.05) is 6.07 Å². The Labute approximate surface area is 158 Å². The standard InChI is InChI=1S/C19H24N6O2/c1-12-10-25(11-13(2)27-12)19-22-17(16-9-20-24(3)18(16)23-19)21-14-6-5-7-15(8-14)26-4/h5-9,12-13H,10-11H2,1-4H3,(H,21,22,23)/t12-,13+. The zero-order valence-corrected chi connectivity index (χ0v) is 16.0. The largest absolute Gasteiger partial charge is 0.497 e. The summed E-state index contributed by atoms with van der Waals surface area (Å²) in [6.07, 6.45) is 2.05. The van der Waals surface area contributed by atoms with E-state index in [1.165, 1.54) is 0 Å². The third-order valence-corrected chi connectivity index (χ3v) is 4.62. The van der Waals surface area contributed by atoms with Gasteiger partial charge in [0.05, 0.1) is 30.9 Å². The van der Waals surface area contributed by atoms with Gasteiger partial charge in [0.15, 0.2) is 5.65 Å². The van der Waals surface area contributed by atoms with E-state index in [0.29, 0.717) is 5.95 Å². The van der Waals surface area contributed by atoms with Crippen LogP contribution in [0.4, 0.5) is 17.5 Å². The molecule has 0 amide bonds. The molecule has 0 saturated carbocycles. The molecule has 1 aliphatic rings. The molecular weight excluding hydrogens is 344 g/mol. The molecule has 0 aliphatic carbocycles. The highest BCUT2D eigenvalue weighted by atomic mass is 16.5. The fourth-order valence-electron chi connectivity index (χ4n) is 3.43. The van der Waals surface area contributed by atoms with Gasteiger partial charge < -0.3 is 19.7 Å². The average Bonchev–Trinajstić information content (AvgIpc) is 3.02. The van der Waals surface area contributed by atoms with Crippen molar-refractivity contribution in [2.45, 2.75) is 26.1 Å². The molecule has 0 unspecified atom stereocenters. The van der Waals surface area contributed by atoms with E-state index < -0.39 is 0 Å². The summed E-state index contributed by atoms with van der Waals surface area (Å²) >= 11 is 0. The van der Waals surface area contributed by atoms with Crippen molar-refractivity contribution in [2.24, 2.45) is 7.05 Å². The van der Waals surface area contributed by atoms with Crippen molar-refractivity contribution in [1.29, 1.82) is 0 Å². The number of benzene rings is 1. The number of nitrogens with one attached hydrogen (secondary N) is 1. The van der Waals surface area contributed by atoms with Gasteiger partial charge in [-0.3, -0.25) is 4.68 Å². The molecule has 1 N–H and O–H groups in total. The third kappa shape index (κ3) is 3.52. The predicted octanol–water partition coefficient (Wildman–Crippen LogP) is 2.73. The Morgan fingerprint density at radius 1 is 1.19 bits per heavy atom. The lowest BCUT2D eigenvalue weighted by atomic mass is 10.2. The van der Waals surface area contributed by atoms with Gasteiger partial charge in [0.1, 0.15) is 11.6 Å². The van der Waals surface area contributed by atoms with Gasteiger partial charge >= 0.3 is 0 Å². The SMILES string of the molecule is COc1cccc(Nc2nc(N3C[C@@H](C)O[C@@H](C)C3)nc3c2cnn3C)c1. The molecule has 4 rings (SSSR count). The molecule has 1 saturated heterocycles. The summed E-state index contributed by atoms with van der Waals surface area (Å²) in [7, 11) is 3.54. The zero-order valence-electron chi connectivity index (χ0n) is 16.0. The second-order valence-corrected chi connectivity index (χ2v) is 6.90. The summed E-state index contributed by atoms with van der Waals surface area (Å²) in [5.74, 6) is 2.19. The van der Waals surface area contributed by atoms with Crippen LogP contribution >= 0.6 is 0 Å². The summed E-state index contributed by atoms with van der Waals surface area (Å²) in [5, 5.41) is 8.62. The number of aryl methyl sites for hydroxylation is 1. The first-order valence-corrected chi connectivity index (χ1v) is 9.04. The number of hydrogen-bond acceptors (Lipinski definition) is 7. The van der Waals surface area contributed by atoms with Crippen LogP contribution in [0.15, 0.2) is 30.5 Å². The maximum Gasteiger partial charge on any atom is 0.229 e. The van der Waals surface area contributed by atoms with Crippen LogP contribution in [0.5, 0.6) is 5.75 Å². The highest BCUT2D eigenvalue weighted by Crippen LogP contribution is 2.28. The van der Waals surface area contributed by atoms with Gasteiger partial charge in [0.25, 0.3) is 0 Å². The molecule has 1 fully saturated rings. The fraction of sp³-hybridized carbons (Fsp3) is 0.421. The van der Waals surface area contributed by atoms with Crippen LogP contribution in [-0.4, -0.2) is 52.2 Å². The molecule has 0 radical (unpaired) electrons. The molecule has 8 heteroatoms. The number of anilines is 3. The minimum Gasteiger partial charge on any atom is -0.497 e. The van der Waals surface area contributed by atoms with Crippen LogP contribution in [-0.2, 0) is 11.8 Å². The quantitative estimate of drug-likeness (QED) is 0.759. The predicted molar refractivity (Wildman–Crippen MR) is 105 cm³/mol. The Kier molecular flexibility index (Phi) is 4.57. The van der Waals surface area contributed by atoms with E-state index in [4.69, 9.17) is 19.4 Å². The Morgan fingerprint density at radius 2 is 1.96 bits per heavy atom. The van der Waals surface area contributed by atoms with Crippen LogP contribution in [0.1, 0.15) is 13.8 Å². The molecule has 3 heterocycles. The zero-order chi connectivity index (χ0) is 19.0. The molecule has 0 bridgehead atoms. The second kappa shape index (κ2) is 7.03. The van der Waals surface area contributed by atoms with Crippen molar-refractivity contribution in [2.75, 3.05) is 30.4 Å². The highest BCUT2D eigenvalue weighted by molar-refractivity contribution is 5.89. The number of ether oxygens (including phenoxy) is 2. The van der Waals surface area contributed by atoms with Crippen molar-refractivity contribution in [1.82, 2.24) is 19.7 Å². The molecule has 142 valence electrons. The lowest BCUT2D eigenvalue weighted by Gasteiger charge is -2.35. The van der Waals surface area contributed by atoms with E-state index in [-0.39, 0.29) is 12.2 Å². The van der Waals surface area contributed by atoms with Gasteiger partial charge in [0.2, 0.25) is 5.95 Å². The fourth-order valence-corrected chi connectivity index (χ4v) is 3.43. The van der Waals surface area contributed by atoms with Gasteiger partial charge in [0, 0.05) is 31.9 Å². The number of nitrogens with zero attached hydrogens (tertiary/aromatic N) is 5. The lowest BCUT2D eigenvalue weighted by molar-refractivity contribution is -0.00569. The van der Waals surface area contributed by atoms with E-state index in [9.17, 15) is 0 Å². The molecule has 2 atom stereocenters. The summed E-state index contributed by atoms with van der Waals surface area (Å²) in [6.45, 7) is 5.65. The molecule has 1 aromatic carbocycles. The van der Waals surface area contributed by atoms with Gasteiger partial charge in [-0.05, 0) is 26.0 Å². The molecule has 8 nitrogen and oxygen atoms in total. The molecule has 3 aromatic rings. The average molecular weight is 368 g/mol. The second-order valence-electron chi connectivity index (χ2n) is 6.90. The van der Waals surface area contributed by atoms with Crippen LogP contribution in [0.2, 0.25) is 0 Å². The van der Waals surface area contributed by atoms with Gasteiger partial charge in [-0.2, -0.15) is 15.1 Å². The summed E-state index contributed by atoms with van der Waals surface area (Å²) in [6, 6.07) is 7.76. The summed E-state index contributed by atoms with van der Waals surface area (Å²) in [5.41, 5.74) is 1.69. The molecule has 27 heavy (non-hydrogen) atoms. The number of hydrogen-bond donors (Lipinski definition) is 1. The molecule has 0 spiro atoms. The Balaban J connectivity index is 1.75. The Hall–Kier alpha value is -2.87. The van der Waals surface area contributed by atoms with Crippen LogP contribution in [0.25, 0.3) is 11.0 Å². The van der Waals surface area contributed by atoms with Crippen LogP contribution < -0.4 is 15.0 Å². The van der Waals surface area contributed by atoms with E-state index in [1.54, 1.807) is 18.0 Å². The number of aromatic nitrogens is 4. The van der Waals surface area contributed by atoms with Crippen molar-refractivity contribution < 1.29 is 9.47 Å². The minimum absolute atomic E-state index is 0.134. The Bertz CT molecular complexity index is 947. The summed E-state index contributed by atoms with van der Waals surface area (Å²) in [4.78, 5) is 11.7. The number of fused-ring (bicyclic) bond motifs is 1. The van der Waals surface area contributed by atoms with Crippen LogP contribution in [0, 0.1) is 0 Å². The smallest absolute Gasteiger partial charge is 0.229 e. The first kappa shape index (κ1) is 17.5. The van der Waals surface area contributed by atoms with Crippen molar-refractivity contribution >= 4 is 28.5 Å². The molecule has 1 aliphatic heterocycles.